The first-order chi connectivity index (χ1) is 10.9. The number of ketones is 1. The molecule has 0 radical (unpaired) electrons. The Kier molecular flexibility index (Phi) is 3.43. The maximum atomic E-state index is 11.8. The molecule has 0 amide bonds. The lowest BCUT2D eigenvalue weighted by Crippen LogP contribution is -2.55. The molecular formula is C21H30O2. The predicted octanol–water partition coefficient (Wildman–Crippen LogP) is 4.29. The molecule has 4 aliphatic carbocycles. The van der Waals surface area contributed by atoms with Gasteiger partial charge in [-0.3, -0.25) is 4.79 Å². The van der Waals surface area contributed by atoms with Crippen molar-refractivity contribution in [3.63, 3.8) is 0 Å². The molecule has 0 bridgehead atoms. The summed E-state index contributed by atoms with van der Waals surface area (Å²) >= 11 is 0. The van der Waals surface area contributed by atoms with E-state index in [1.54, 1.807) is 6.08 Å². The Labute approximate surface area is 140 Å². The van der Waals surface area contributed by atoms with Crippen molar-refractivity contribution in [1.82, 2.24) is 0 Å². The Morgan fingerprint density at radius 2 is 2.04 bits per heavy atom. The number of rotatable bonds is 1. The zero-order valence-electron chi connectivity index (χ0n) is 14.7. The van der Waals surface area contributed by atoms with Gasteiger partial charge in [0.05, 0.1) is 6.10 Å². The van der Waals surface area contributed by atoms with E-state index in [1.165, 1.54) is 24.8 Å². The molecule has 0 saturated heterocycles. The number of carbonyl (C=O) groups excluding carboxylic acids is 1. The van der Waals surface area contributed by atoms with Gasteiger partial charge in [0.2, 0.25) is 0 Å². The minimum atomic E-state index is -0.236. The Balaban J connectivity index is 1.73. The molecule has 0 aliphatic heterocycles. The molecule has 1 N–H and O–H groups in total. The van der Waals surface area contributed by atoms with Crippen molar-refractivity contribution in [2.75, 3.05) is 0 Å². The highest BCUT2D eigenvalue weighted by atomic mass is 16.3. The van der Waals surface area contributed by atoms with Gasteiger partial charge >= 0.3 is 0 Å². The SMILES string of the molecule is CCC1CCC2C3CCC4=CC(=O)C=CC4(C)C3C(O)CC12C. The Hall–Kier alpha value is -0.890. The fraction of sp³-hybridized carbons (Fsp3) is 0.762. The average molecular weight is 314 g/mol. The van der Waals surface area contributed by atoms with Crippen molar-refractivity contribution in [2.24, 2.45) is 34.5 Å². The van der Waals surface area contributed by atoms with E-state index in [0.717, 1.165) is 31.1 Å². The maximum Gasteiger partial charge on any atom is 0.178 e. The predicted molar refractivity (Wildman–Crippen MR) is 91.8 cm³/mol. The van der Waals surface area contributed by atoms with Crippen LogP contribution < -0.4 is 0 Å². The smallest absolute Gasteiger partial charge is 0.178 e. The number of carbonyl (C=O) groups is 1. The molecule has 7 unspecified atom stereocenters. The highest BCUT2D eigenvalue weighted by Gasteiger charge is 2.60. The van der Waals surface area contributed by atoms with Crippen molar-refractivity contribution in [1.29, 1.82) is 0 Å². The molecule has 2 heteroatoms. The molecule has 4 rings (SSSR count). The third-order valence-corrected chi connectivity index (χ3v) is 8.18. The van der Waals surface area contributed by atoms with Crippen LogP contribution in [0.3, 0.4) is 0 Å². The van der Waals surface area contributed by atoms with Crippen LogP contribution >= 0.6 is 0 Å². The number of hydrogen-bond donors (Lipinski definition) is 1. The molecule has 126 valence electrons. The molecule has 0 aromatic heterocycles. The summed E-state index contributed by atoms with van der Waals surface area (Å²) < 4.78 is 0. The van der Waals surface area contributed by atoms with Crippen molar-refractivity contribution in [3.8, 4) is 0 Å². The lowest BCUT2D eigenvalue weighted by molar-refractivity contribution is -0.118. The summed E-state index contributed by atoms with van der Waals surface area (Å²) in [5.41, 5.74) is 1.47. The number of allylic oxidation sites excluding steroid dienone is 4. The van der Waals surface area contributed by atoms with E-state index in [9.17, 15) is 9.90 Å². The van der Waals surface area contributed by atoms with Crippen molar-refractivity contribution in [2.45, 2.75) is 65.4 Å². The Morgan fingerprint density at radius 3 is 2.78 bits per heavy atom. The van der Waals surface area contributed by atoms with Crippen LogP contribution in [-0.2, 0) is 4.79 Å². The van der Waals surface area contributed by atoms with Crippen LogP contribution in [0, 0.1) is 34.5 Å². The fourth-order valence-corrected chi connectivity index (χ4v) is 7.10. The number of aliphatic hydroxyl groups is 1. The standard InChI is InChI=1S/C21H30O2/c1-4-13-6-8-17-16-7-5-14-11-15(22)9-10-20(14,2)19(16)18(23)12-21(13,17)3/h9-11,13,16-19,23H,4-8,12H2,1-3H3. The molecule has 3 saturated carbocycles. The molecule has 4 aliphatic rings. The van der Waals surface area contributed by atoms with Gasteiger partial charge in [-0.1, -0.05) is 38.8 Å². The van der Waals surface area contributed by atoms with Crippen molar-refractivity contribution >= 4 is 5.78 Å². The van der Waals surface area contributed by atoms with Crippen LogP contribution in [0.1, 0.15) is 59.3 Å². The van der Waals surface area contributed by atoms with Gasteiger partial charge in [0.15, 0.2) is 5.78 Å². The highest BCUT2D eigenvalue weighted by Crippen LogP contribution is 2.66. The Morgan fingerprint density at radius 1 is 1.26 bits per heavy atom. The molecule has 23 heavy (non-hydrogen) atoms. The third kappa shape index (κ3) is 2.00. The van der Waals surface area contributed by atoms with Gasteiger partial charge < -0.3 is 5.11 Å². The summed E-state index contributed by atoms with van der Waals surface area (Å²) in [6, 6.07) is 0. The molecule has 2 nitrogen and oxygen atoms in total. The first-order valence-corrected chi connectivity index (χ1v) is 9.52. The quantitative estimate of drug-likeness (QED) is 0.784. The average Bonchev–Trinajstić information content (AvgIpc) is 2.83. The number of fused-ring (bicyclic) bond motifs is 5. The Bertz CT molecular complexity index is 589. The second-order valence-electron chi connectivity index (χ2n) is 8.98. The first kappa shape index (κ1) is 15.6. The number of hydrogen-bond acceptors (Lipinski definition) is 2. The van der Waals surface area contributed by atoms with E-state index in [1.807, 2.05) is 6.08 Å². The van der Waals surface area contributed by atoms with Gasteiger partial charge in [0.25, 0.3) is 0 Å². The van der Waals surface area contributed by atoms with E-state index in [4.69, 9.17) is 0 Å². The van der Waals surface area contributed by atoms with Crippen LogP contribution in [0.2, 0.25) is 0 Å². The fourth-order valence-electron chi connectivity index (χ4n) is 7.10. The lowest BCUT2D eigenvalue weighted by Gasteiger charge is -2.58. The zero-order valence-corrected chi connectivity index (χ0v) is 14.7. The second-order valence-corrected chi connectivity index (χ2v) is 8.98. The summed E-state index contributed by atoms with van der Waals surface area (Å²) in [4.78, 5) is 11.8. The van der Waals surface area contributed by atoms with Crippen molar-refractivity contribution in [3.05, 3.63) is 23.8 Å². The van der Waals surface area contributed by atoms with Crippen LogP contribution in [-0.4, -0.2) is 17.0 Å². The lowest BCUT2D eigenvalue weighted by atomic mass is 9.47. The summed E-state index contributed by atoms with van der Waals surface area (Å²) in [5, 5.41) is 11.2. The summed E-state index contributed by atoms with van der Waals surface area (Å²) in [5.74, 6) is 2.56. The minimum absolute atomic E-state index is 0.109. The molecule has 0 spiro atoms. The molecular weight excluding hydrogens is 284 g/mol. The van der Waals surface area contributed by atoms with Gasteiger partial charge in [-0.25, -0.2) is 0 Å². The van der Waals surface area contributed by atoms with Gasteiger partial charge in [-0.15, -0.1) is 0 Å². The zero-order chi connectivity index (χ0) is 16.4. The largest absolute Gasteiger partial charge is 0.393 e. The van der Waals surface area contributed by atoms with E-state index >= 15 is 0 Å². The van der Waals surface area contributed by atoms with Crippen LogP contribution in [0.4, 0.5) is 0 Å². The van der Waals surface area contributed by atoms with E-state index in [-0.39, 0.29) is 17.3 Å². The highest BCUT2D eigenvalue weighted by molar-refractivity contribution is 6.01. The van der Waals surface area contributed by atoms with E-state index < -0.39 is 0 Å². The van der Waals surface area contributed by atoms with Crippen LogP contribution in [0.15, 0.2) is 23.8 Å². The number of aliphatic hydroxyl groups excluding tert-OH is 1. The van der Waals surface area contributed by atoms with Crippen LogP contribution in [0.25, 0.3) is 0 Å². The van der Waals surface area contributed by atoms with Gasteiger partial charge in [-0.2, -0.15) is 0 Å². The molecule has 0 aromatic rings. The molecule has 3 fully saturated rings. The first-order valence-electron chi connectivity index (χ1n) is 9.52. The van der Waals surface area contributed by atoms with Gasteiger partial charge in [0, 0.05) is 11.3 Å². The summed E-state index contributed by atoms with van der Waals surface area (Å²) in [6.45, 7) is 7.03. The van der Waals surface area contributed by atoms with Gasteiger partial charge in [0.1, 0.15) is 0 Å². The van der Waals surface area contributed by atoms with E-state index in [0.29, 0.717) is 17.3 Å². The summed E-state index contributed by atoms with van der Waals surface area (Å²) in [6.07, 6.45) is 12.5. The van der Waals surface area contributed by atoms with E-state index in [2.05, 4.69) is 26.8 Å². The maximum absolute atomic E-state index is 11.8. The monoisotopic (exact) mass is 314 g/mol. The normalized spacial score (nSPS) is 51.7. The molecule has 7 atom stereocenters. The summed E-state index contributed by atoms with van der Waals surface area (Å²) in [7, 11) is 0. The topological polar surface area (TPSA) is 37.3 Å². The second kappa shape index (κ2) is 5.05. The third-order valence-electron chi connectivity index (χ3n) is 8.18. The molecule has 0 heterocycles. The van der Waals surface area contributed by atoms with Crippen LogP contribution in [0.5, 0.6) is 0 Å². The molecule has 0 aromatic carbocycles. The van der Waals surface area contributed by atoms with Crippen molar-refractivity contribution < 1.29 is 9.90 Å². The minimum Gasteiger partial charge on any atom is -0.393 e. The van der Waals surface area contributed by atoms with Gasteiger partial charge in [-0.05, 0) is 67.4 Å².